The van der Waals surface area contributed by atoms with E-state index < -0.39 is 75.7 Å². The highest BCUT2D eigenvalue weighted by Gasteiger charge is 2.51. The molecule has 2 saturated heterocycles. The number of imidazole rings is 2. The Bertz CT molecular complexity index is 1820. The summed E-state index contributed by atoms with van der Waals surface area (Å²) in [7, 11) is 0. The van der Waals surface area contributed by atoms with Crippen molar-refractivity contribution < 1.29 is 46.9 Å². The van der Waals surface area contributed by atoms with Crippen LogP contribution < -0.4 is 11.5 Å². The molecule has 0 aliphatic carbocycles. The minimum atomic E-state index is -4.32. The Hall–Kier alpha value is -2.46. The van der Waals surface area contributed by atoms with Gasteiger partial charge in [0.1, 0.15) is 48.2 Å². The van der Waals surface area contributed by atoms with Gasteiger partial charge in [-0.25, -0.2) is 38.9 Å². The van der Waals surface area contributed by atoms with E-state index in [9.17, 15) is 19.5 Å². The summed E-state index contributed by atoms with van der Waals surface area (Å²) in [6.07, 6.45) is -4.29. The van der Waals surface area contributed by atoms with E-state index in [0.29, 0.717) is 11.2 Å². The van der Waals surface area contributed by atoms with Crippen molar-refractivity contribution in [3.05, 3.63) is 25.3 Å². The first-order valence-corrected chi connectivity index (χ1v) is 18.4. The third kappa shape index (κ3) is 6.42. The maximum atomic E-state index is 16.0. The lowest BCUT2D eigenvalue weighted by Crippen LogP contribution is -2.34. The molecule has 19 nitrogen and oxygen atoms in total. The van der Waals surface area contributed by atoms with Crippen molar-refractivity contribution >= 4 is 71.5 Å². The first-order chi connectivity index (χ1) is 21.2. The fourth-order valence-electron chi connectivity index (χ4n) is 5.16. The zero-order valence-corrected chi connectivity index (χ0v) is 26.5. The Kier molecular flexibility index (Phi) is 8.87. The summed E-state index contributed by atoms with van der Waals surface area (Å²) in [6.45, 7) is -7.99. The van der Waals surface area contributed by atoms with Crippen LogP contribution >= 0.6 is 25.8 Å². The van der Waals surface area contributed by atoms with E-state index in [-0.39, 0.29) is 22.8 Å². The number of ether oxygens (including phenoxy) is 2. The summed E-state index contributed by atoms with van der Waals surface area (Å²) in [5.74, 6) is -0.281. The van der Waals surface area contributed by atoms with E-state index in [4.69, 9.17) is 46.3 Å². The third-order valence-corrected chi connectivity index (χ3v) is 9.73. The van der Waals surface area contributed by atoms with Crippen molar-refractivity contribution in [3.8, 4) is 0 Å². The normalized spacial score (nSPS) is 31.4. The number of anilines is 2. The van der Waals surface area contributed by atoms with E-state index in [1.54, 1.807) is 11.5 Å². The predicted octanol–water partition coefficient (Wildman–Crippen LogP) is 0.626. The van der Waals surface area contributed by atoms with Crippen molar-refractivity contribution in [2.45, 2.75) is 50.0 Å². The molecule has 4 aromatic heterocycles. The van der Waals surface area contributed by atoms with Gasteiger partial charge in [0, 0.05) is 5.92 Å². The topological polar surface area (TPSA) is 263 Å². The first-order valence-electron chi connectivity index (χ1n) is 13.1. The molecule has 7 N–H and O–H groups in total. The molecule has 244 valence electrons. The smallest absolute Gasteiger partial charge is 0.383 e. The zero-order valence-electron chi connectivity index (χ0n) is 23.0. The van der Waals surface area contributed by atoms with Gasteiger partial charge in [-0.1, -0.05) is 19.2 Å². The number of alkyl halides is 1. The Balaban J connectivity index is 1.17. The summed E-state index contributed by atoms with van der Waals surface area (Å²) < 4.78 is 58.2. The summed E-state index contributed by atoms with van der Waals surface area (Å²) in [6, 6.07) is 0. The second-order valence-electron chi connectivity index (χ2n) is 10.2. The van der Waals surface area contributed by atoms with Gasteiger partial charge in [0.25, 0.3) is 0 Å². The monoisotopic (exact) mass is 708 g/mol. The minimum absolute atomic E-state index is 0.0434. The van der Waals surface area contributed by atoms with E-state index in [1.165, 1.54) is 23.5 Å². The molecule has 10 atom stereocenters. The molecular formula is C21H27FN10O9P2S2. The molecule has 0 saturated carbocycles. The maximum absolute atomic E-state index is 16.0. The molecule has 4 aromatic rings. The van der Waals surface area contributed by atoms with E-state index in [0.717, 1.165) is 6.33 Å². The standard InChI is InChI=1S/C21H27FN10O9P2S2/c1-8-14(33)9(39-20(8)31-6-29-12-16(23)25-4-27-18(12)31)2-38-43(36,45)41-15-10(3-37-42(34,35)44)40-21(11(15)22)32-7-30-13-17(24)26-5-28-19(13)32/h4-11,14-15,20-21,33H,2-3H2,1H3,(H,36,45)(H2,23,25,27)(H2,24,26,28)(H2,34,35,44)/t8-,9?,10-,11-,14+,15-,20-,21-,43?/m1/s1. The van der Waals surface area contributed by atoms with Crippen LogP contribution in [0.2, 0.25) is 0 Å². The molecule has 2 aliphatic rings. The van der Waals surface area contributed by atoms with Gasteiger partial charge in [-0.05, 0) is 11.8 Å². The Morgan fingerprint density at radius 2 is 1.49 bits per heavy atom. The molecule has 0 spiro atoms. The fraction of sp³-hybridized carbons (Fsp3) is 0.524. The molecule has 2 aliphatic heterocycles. The van der Waals surface area contributed by atoms with Gasteiger partial charge in [-0.15, -0.1) is 0 Å². The van der Waals surface area contributed by atoms with Crippen LogP contribution in [0.25, 0.3) is 22.3 Å². The minimum Gasteiger partial charge on any atom is -0.390 e. The van der Waals surface area contributed by atoms with Crippen molar-refractivity contribution in [2.75, 3.05) is 24.7 Å². The number of nitrogens with zero attached hydrogens (tertiary/aromatic N) is 8. The number of rotatable bonds is 10. The highest BCUT2D eigenvalue weighted by Crippen LogP contribution is 2.52. The second kappa shape index (κ2) is 12.3. The molecule has 0 radical (unpaired) electrons. The number of halogens is 1. The molecule has 0 aromatic carbocycles. The SMILES string of the molecule is C[C@@H]1[C@H](O)C(COP(O)(=S)O[C@H]2[C@@H](F)[C@H](n3cnc4c(N)ncnc43)O[C@@H]2COP(=O)(O)S)O[C@H]1n1cnc2c(N)ncnc21. The number of hydrogen-bond donors (Lipinski definition) is 6. The summed E-state index contributed by atoms with van der Waals surface area (Å²) >= 11 is 8.64. The molecule has 0 amide bonds. The lowest BCUT2D eigenvalue weighted by atomic mass is 10.0. The molecule has 24 heteroatoms. The first kappa shape index (κ1) is 32.5. The Morgan fingerprint density at radius 3 is 2.07 bits per heavy atom. The van der Waals surface area contributed by atoms with E-state index in [1.807, 2.05) is 0 Å². The number of fused-ring (bicyclic) bond motifs is 2. The molecule has 45 heavy (non-hydrogen) atoms. The maximum Gasteiger partial charge on any atom is 0.383 e. The lowest BCUT2D eigenvalue weighted by Gasteiger charge is -2.26. The highest BCUT2D eigenvalue weighted by molar-refractivity contribution is 8.44. The predicted molar refractivity (Wildman–Crippen MR) is 159 cm³/mol. The zero-order chi connectivity index (χ0) is 32.3. The van der Waals surface area contributed by atoms with Gasteiger partial charge in [0.2, 0.25) is 0 Å². The number of aromatic nitrogens is 8. The lowest BCUT2D eigenvalue weighted by molar-refractivity contribution is -0.0498. The van der Waals surface area contributed by atoms with Gasteiger partial charge in [-0.2, -0.15) is 0 Å². The van der Waals surface area contributed by atoms with Crippen LogP contribution in [0.1, 0.15) is 19.4 Å². The average Bonchev–Trinajstić information content (AvgIpc) is 3.73. The van der Waals surface area contributed by atoms with Crippen LogP contribution in [0.15, 0.2) is 25.3 Å². The van der Waals surface area contributed by atoms with Gasteiger partial charge >= 0.3 is 13.5 Å². The quantitative estimate of drug-likeness (QED) is 0.0974. The third-order valence-electron chi connectivity index (χ3n) is 7.34. The number of aliphatic hydroxyl groups excluding tert-OH is 1. The van der Waals surface area contributed by atoms with Crippen molar-refractivity contribution in [3.63, 3.8) is 0 Å². The van der Waals surface area contributed by atoms with E-state index in [2.05, 4.69) is 42.2 Å². The van der Waals surface area contributed by atoms with Crippen molar-refractivity contribution in [1.82, 2.24) is 39.0 Å². The Labute approximate surface area is 263 Å². The second-order valence-corrected chi connectivity index (χ2v) is 15.8. The van der Waals surface area contributed by atoms with Gasteiger partial charge in [-0.3, -0.25) is 18.2 Å². The molecule has 2 fully saturated rings. The summed E-state index contributed by atoms with van der Waals surface area (Å²) in [5, 5.41) is 10.9. The largest absolute Gasteiger partial charge is 0.390 e. The van der Waals surface area contributed by atoms with Gasteiger partial charge in [0.15, 0.2) is 35.3 Å². The van der Waals surface area contributed by atoms with Crippen LogP contribution in [-0.2, 0) is 39.4 Å². The van der Waals surface area contributed by atoms with Crippen molar-refractivity contribution in [2.24, 2.45) is 5.92 Å². The van der Waals surface area contributed by atoms with Crippen LogP contribution in [0.3, 0.4) is 0 Å². The molecule has 0 bridgehead atoms. The molecule has 6 heterocycles. The number of thiol groups is 1. The number of nitrogens with two attached hydrogens (primary N) is 2. The van der Waals surface area contributed by atoms with Crippen LogP contribution in [-0.4, -0.2) is 97.7 Å². The van der Waals surface area contributed by atoms with Crippen molar-refractivity contribution in [1.29, 1.82) is 0 Å². The summed E-state index contributed by atoms with van der Waals surface area (Å²) in [5.41, 5.74) is 12.8. The number of hydrogen-bond acceptors (Lipinski definition) is 16. The van der Waals surface area contributed by atoms with Gasteiger partial charge < -0.3 is 40.4 Å². The fourth-order valence-corrected chi connectivity index (χ4v) is 7.14. The van der Waals surface area contributed by atoms with Crippen LogP contribution in [0, 0.1) is 5.92 Å². The number of nitrogen functional groups attached to an aromatic ring is 2. The van der Waals surface area contributed by atoms with E-state index >= 15 is 4.39 Å². The summed E-state index contributed by atoms with van der Waals surface area (Å²) in [4.78, 5) is 44.8. The Morgan fingerprint density at radius 1 is 0.956 bits per heavy atom. The van der Waals surface area contributed by atoms with Crippen LogP contribution in [0.4, 0.5) is 16.0 Å². The molecule has 6 rings (SSSR count). The average molecular weight is 709 g/mol. The number of aliphatic hydroxyl groups is 1. The highest BCUT2D eigenvalue weighted by atomic mass is 32.7. The molecule has 3 unspecified atom stereocenters. The van der Waals surface area contributed by atoms with Crippen LogP contribution in [0.5, 0.6) is 0 Å². The molecular weight excluding hydrogens is 681 g/mol. The van der Waals surface area contributed by atoms with Gasteiger partial charge in [0.05, 0.1) is 32.0 Å².